The van der Waals surface area contributed by atoms with Gasteiger partial charge < -0.3 is 5.32 Å². The molecule has 4 rings (SSSR count). The Labute approximate surface area is 210 Å². The quantitative estimate of drug-likeness (QED) is 0.435. The van der Waals surface area contributed by atoms with Gasteiger partial charge in [0.05, 0.1) is 6.54 Å². The summed E-state index contributed by atoms with van der Waals surface area (Å²) in [5.74, 6) is -0.234. The Hall–Kier alpha value is -2.23. The second kappa shape index (κ2) is 11.0. The lowest BCUT2D eigenvalue weighted by Gasteiger charge is -2.24. The molecule has 34 heavy (non-hydrogen) atoms. The van der Waals surface area contributed by atoms with Crippen molar-refractivity contribution in [1.29, 1.82) is 0 Å². The largest absolute Gasteiger partial charge is 0.347 e. The number of nitrogens with one attached hydrogen (secondary N) is 2. The molecule has 1 aliphatic rings. The van der Waals surface area contributed by atoms with Crippen molar-refractivity contribution >= 4 is 38.9 Å². The van der Waals surface area contributed by atoms with Crippen molar-refractivity contribution in [2.75, 3.05) is 13.1 Å². The van der Waals surface area contributed by atoms with E-state index in [1.165, 1.54) is 22.5 Å². The molecule has 1 unspecified atom stereocenters. The van der Waals surface area contributed by atoms with E-state index in [2.05, 4.69) is 46.1 Å². The summed E-state index contributed by atoms with van der Waals surface area (Å²) in [6.45, 7) is 4.50. The number of sulfonamides is 1. The zero-order valence-electron chi connectivity index (χ0n) is 19.0. The van der Waals surface area contributed by atoms with E-state index in [0.29, 0.717) is 17.1 Å². The summed E-state index contributed by atoms with van der Waals surface area (Å²) in [6, 6.07) is 18.6. The molecule has 0 aliphatic carbocycles. The minimum absolute atomic E-state index is 0.175. The number of amides is 1. The van der Waals surface area contributed by atoms with Gasteiger partial charge in [-0.05, 0) is 68.3 Å². The predicted octanol–water partition coefficient (Wildman–Crippen LogP) is 4.58. The van der Waals surface area contributed by atoms with Crippen LogP contribution in [0.3, 0.4) is 0 Å². The highest BCUT2D eigenvalue weighted by Crippen LogP contribution is 2.24. The number of nitrogens with zero attached hydrogens (tertiary/aromatic N) is 1. The molecule has 6 nitrogen and oxygen atoms in total. The first-order valence-electron chi connectivity index (χ1n) is 11.2. The first-order valence-corrected chi connectivity index (χ1v) is 13.9. The van der Waals surface area contributed by atoms with Gasteiger partial charge in [-0.15, -0.1) is 11.3 Å². The Kier molecular flexibility index (Phi) is 8.06. The second-order valence-corrected chi connectivity index (χ2v) is 12.1. The van der Waals surface area contributed by atoms with Gasteiger partial charge in [0, 0.05) is 34.6 Å². The van der Waals surface area contributed by atoms with Gasteiger partial charge in [0.15, 0.2) is 0 Å². The van der Waals surface area contributed by atoms with Gasteiger partial charge in [-0.3, -0.25) is 9.69 Å². The number of likely N-dealkylation sites (tertiary alicyclic amines) is 1. The standard InChI is InChI=1S/C25H28ClN3O3S2/c1-18-4-6-19(7-5-18)17-29-14-2-3-22(29)15-28-34(31,32)24-13-12-23(33-24)16-27-25(30)20-8-10-21(26)11-9-20/h4-13,22,28H,2-3,14-17H2,1H3,(H,27,30). The van der Waals surface area contributed by atoms with Gasteiger partial charge >= 0.3 is 0 Å². The van der Waals surface area contributed by atoms with Crippen LogP contribution in [0.25, 0.3) is 0 Å². The molecule has 0 saturated carbocycles. The molecule has 180 valence electrons. The van der Waals surface area contributed by atoms with E-state index in [1.807, 2.05) is 0 Å². The Bertz CT molecular complexity index is 1230. The van der Waals surface area contributed by atoms with Crippen LogP contribution < -0.4 is 10.0 Å². The average Bonchev–Trinajstić information content (AvgIpc) is 3.48. The Morgan fingerprint density at radius 3 is 2.56 bits per heavy atom. The molecule has 1 fully saturated rings. The van der Waals surface area contributed by atoms with Crippen LogP contribution in [0.2, 0.25) is 5.02 Å². The lowest BCUT2D eigenvalue weighted by atomic mass is 10.1. The molecule has 0 bridgehead atoms. The van der Waals surface area contributed by atoms with Crippen molar-refractivity contribution < 1.29 is 13.2 Å². The predicted molar refractivity (Wildman–Crippen MR) is 137 cm³/mol. The lowest BCUT2D eigenvalue weighted by Crippen LogP contribution is -2.39. The van der Waals surface area contributed by atoms with Crippen molar-refractivity contribution in [3.63, 3.8) is 0 Å². The van der Waals surface area contributed by atoms with E-state index < -0.39 is 10.0 Å². The monoisotopic (exact) mass is 517 g/mol. The molecule has 2 N–H and O–H groups in total. The van der Waals surface area contributed by atoms with E-state index in [0.717, 1.165) is 30.8 Å². The zero-order chi connectivity index (χ0) is 24.1. The Balaban J connectivity index is 1.30. The molecule has 1 amide bonds. The Morgan fingerprint density at radius 2 is 1.82 bits per heavy atom. The second-order valence-electron chi connectivity index (χ2n) is 8.51. The molecule has 0 radical (unpaired) electrons. The fraction of sp³-hybridized carbons (Fsp3) is 0.320. The summed E-state index contributed by atoms with van der Waals surface area (Å²) in [4.78, 5) is 15.4. The van der Waals surface area contributed by atoms with E-state index in [9.17, 15) is 13.2 Å². The zero-order valence-corrected chi connectivity index (χ0v) is 21.3. The summed E-state index contributed by atoms with van der Waals surface area (Å²) < 4.78 is 28.8. The smallest absolute Gasteiger partial charge is 0.251 e. The topological polar surface area (TPSA) is 78.5 Å². The maximum absolute atomic E-state index is 12.9. The summed E-state index contributed by atoms with van der Waals surface area (Å²) in [5, 5.41) is 3.38. The molecule has 0 spiro atoms. The van der Waals surface area contributed by atoms with Crippen molar-refractivity contribution in [3.05, 3.63) is 87.3 Å². The fourth-order valence-electron chi connectivity index (χ4n) is 4.01. The highest BCUT2D eigenvalue weighted by atomic mass is 35.5. The van der Waals surface area contributed by atoms with Crippen LogP contribution in [-0.4, -0.2) is 38.4 Å². The van der Waals surface area contributed by atoms with Crippen LogP contribution in [-0.2, 0) is 23.1 Å². The Morgan fingerprint density at radius 1 is 1.09 bits per heavy atom. The summed E-state index contributed by atoms with van der Waals surface area (Å²) >= 11 is 7.02. The third kappa shape index (κ3) is 6.46. The molecular formula is C25H28ClN3O3S2. The summed E-state index contributed by atoms with van der Waals surface area (Å²) in [5.41, 5.74) is 2.97. The first-order chi connectivity index (χ1) is 16.3. The van der Waals surface area contributed by atoms with Crippen LogP contribution >= 0.6 is 22.9 Å². The van der Waals surface area contributed by atoms with Crippen LogP contribution in [0, 0.1) is 6.92 Å². The number of hydrogen-bond acceptors (Lipinski definition) is 5. The van der Waals surface area contributed by atoms with Crippen LogP contribution in [0.4, 0.5) is 0 Å². The number of benzene rings is 2. The molecule has 1 saturated heterocycles. The highest BCUT2D eigenvalue weighted by molar-refractivity contribution is 7.91. The molecular weight excluding hydrogens is 490 g/mol. The fourth-order valence-corrected chi connectivity index (χ4v) is 6.55. The first kappa shape index (κ1) is 24.9. The van der Waals surface area contributed by atoms with Gasteiger partial charge in [0.25, 0.3) is 5.91 Å². The molecule has 1 aromatic heterocycles. The number of rotatable bonds is 9. The highest BCUT2D eigenvalue weighted by Gasteiger charge is 2.27. The van der Waals surface area contributed by atoms with Gasteiger partial charge in [-0.25, -0.2) is 13.1 Å². The van der Waals surface area contributed by atoms with E-state index in [-0.39, 0.29) is 22.7 Å². The molecule has 1 aliphatic heterocycles. The average molecular weight is 518 g/mol. The molecule has 3 aromatic rings. The minimum Gasteiger partial charge on any atom is -0.347 e. The number of hydrogen-bond donors (Lipinski definition) is 2. The van der Waals surface area contributed by atoms with Gasteiger partial charge in [0.2, 0.25) is 10.0 Å². The minimum atomic E-state index is -3.61. The molecule has 2 aromatic carbocycles. The van der Waals surface area contributed by atoms with E-state index in [4.69, 9.17) is 11.6 Å². The number of carbonyl (C=O) groups is 1. The number of halogens is 1. The molecule has 9 heteroatoms. The van der Waals surface area contributed by atoms with E-state index >= 15 is 0 Å². The van der Waals surface area contributed by atoms with E-state index in [1.54, 1.807) is 36.4 Å². The lowest BCUT2D eigenvalue weighted by molar-refractivity contribution is 0.0951. The number of thiophene rings is 1. The molecule has 1 atom stereocenters. The third-order valence-corrected chi connectivity index (χ3v) is 9.20. The number of carbonyl (C=O) groups excluding carboxylic acids is 1. The summed E-state index contributed by atoms with van der Waals surface area (Å²) in [7, 11) is -3.61. The van der Waals surface area contributed by atoms with Gasteiger partial charge in [-0.1, -0.05) is 41.4 Å². The maximum atomic E-state index is 12.9. The maximum Gasteiger partial charge on any atom is 0.251 e. The van der Waals surface area contributed by atoms with Crippen molar-refractivity contribution in [1.82, 2.24) is 14.9 Å². The van der Waals surface area contributed by atoms with Crippen molar-refractivity contribution in [2.24, 2.45) is 0 Å². The van der Waals surface area contributed by atoms with Crippen molar-refractivity contribution in [2.45, 2.75) is 43.1 Å². The normalized spacial score (nSPS) is 16.6. The van der Waals surface area contributed by atoms with Gasteiger partial charge in [0.1, 0.15) is 4.21 Å². The van der Waals surface area contributed by atoms with Crippen LogP contribution in [0.1, 0.15) is 39.2 Å². The van der Waals surface area contributed by atoms with Gasteiger partial charge in [-0.2, -0.15) is 0 Å². The van der Waals surface area contributed by atoms with Crippen LogP contribution in [0.15, 0.2) is 64.9 Å². The summed E-state index contributed by atoms with van der Waals surface area (Å²) in [6.07, 6.45) is 2.04. The number of aryl methyl sites for hydroxylation is 1. The third-order valence-electron chi connectivity index (χ3n) is 5.95. The SMILES string of the molecule is Cc1ccc(CN2CCCC2CNS(=O)(=O)c2ccc(CNC(=O)c3ccc(Cl)cc3)s2)cc1. The van der Waals surface area contributed by atoms with Crippen LogP contribution in [0.5, 0.6) is 0 Å². The van der Waals surface area contributed by atoms with Crippen molar-refractivity contribution in [3.8, 4) is 0 Å². The molecule has 2 heterocycles.